The zero-order chi connectivity index (χ0) is 14.6. The van der Waals surface area contributed by atoms with E-state index in [9.17, 15) is 13.2 Å². The molecular weight excluding hydrogens is 263 g/mol. The van der Waals surface area contributed by atoms with Gasteiger partial charge in [-0.25, -0.2) is 0 Å². The van der Waals surface area contributed by atoms with Gasteiger partial charge in [-0.1, -0.05) is 38.0 Å². The maximum atomic E-state index is 13.1. The van der Waals surface area contributed by atoms with Gasteiger partial charge in [-0.3, -0.25) is 0 Å². The van der Waals surface area contributed by atoms with Crippen LogP contribution in [0.3, 0.4) is 0 Å². The van der Waals surface area contributed by atoms with E-state index in [2.05, 4.69) is 12.2 Å². The Balaban J connectivity index is 2.27. The van der Waals surface area contributed by atoms with Crippen LogP contribution in [0.5, 0.6) is 0 Å². The van der Waals surface area contributed by atoms with Gasteiger partial charge in [0.15, 0.2) is 0 Å². The zero-order valence-electron chi connectivity index (χ0n) is 11.9. The van der Waals surface area contributed by atoms with Crippen LogP contribution in [0.4, 0.5) is 13.2 Å². The molecular formula is C16H22F3N. The number of halogens is 3. The summed E-state index contributed by atoms with van der Waals surface area (Å²) in [7, 11) is 0. The third-order valence-corrected chi connectivity index (χ3v) is 4.16. The predicted octanol–water partition coefficient (Wildman–Crippen LogP) is 4.56. The quantitative estimate of drug-likeness (QED) is 0.855. The molecule has 0 radical (unpaired) electrons. The van der Waals surface area contributed by atoms with Crippen molar-refractivity contribution in [3.8, 4) is 0 Å². The highest BCUT2D eigenvalue weighted by atomic mass is 19.4. The molecule has 1 aliphatic rings. The molecule has 0 aromatic heterocycles. The molecule has 1 heterocycles. The van der Waals surface area contributed by atoms with Gasteiger partial charge in [0.25, 0.3) is 0 Å². The minimum Gasteiger partial charge on any atom is -0.311 e. The maximum Gasteiger partial charge on any atom is 0.416 e. The van der Waals surface area contributed by atoms with Gasteiger partial charge in [0.2, 0.25) is 0 Å². The number of hydrogen-bond acceptors (Lipinski definition) is 1. The second kappa shape index (κ2) is 6.17. The molecule has 1 aromatic carbocycles. The lowest BCUT2D eigenvalue weighted by Crippen LogP contribution is -2.50. The van der Waals surface area contributed by atoms with Gasteiger partial charge in [-0.15, -0.1) is 0 Å². The summed E-state index contributed by atoms with van der Waals surface area (Å²) in [6, 6.07) is 5.98. The van der Waals surface area contributed by atoms with Crippen molar-refractivity contribution in [3.05, 3.63) is 35.4 Å². The highest BCUT2D eigenvalue weighted by molar-refractivity contribution is 5.31. The van der Waals surface area contributed by atoms with Gasteiger partial charge < -0.3 is 5.32 Å². The van der Waals surface area contributed by atoms with Crippen molar-refractivity contribution in [2.45, 2.75) is 57.2 Å². The molecule has 1 unspecified atom stereocenters. The van der Waals surface area contributed by atoms with Crippen molar-refractivity contribution in [2.75, 3.05) is 6.54 Å². The van der Waals surface area contributed by atoms with Crippen molar-refractivity contribution in [1.29, 1.82) is 0 Å². The number of rotatable bonds is 4. The highest BCUT2D eigenvalue weighted by Gasteiger charge is 2.37. The molecule has 112 valence electrons. The lowest BCUT2D eigenvalue weighted by Gasteiger charge is -2.39. The minimum atomic E-state index is -4.27. The molecule has 1 atom stereocenters. The number of hydrogen-bond donors (Lipinski definition) is 1. The summed E-state index contributed by atoms with van der Waals surface area (Å²) >= 11 is 0. The molecule has 0 saturated carbocycles. The van der Waals surface area contributed by atoms with Crippen molar-refractivity contribution < 1.29 is 13.2 Å². The largest absolute Gasteiger partial charge is 0.416 e. The summed E-state index contributed by atoms with van der Waals surface area (Å²) in [5.74, 6) is 0. The van der Waals surface area contributed by atoms with E-state index in [1.165, 1.54) is 12.1 Å². The number of nitrogens with one attached hydrogen (secondary N) is 1. The molecule has 1 fully saturated rings. The lowest BCUT2D eigenvalue weighted by molar-refractivity contribution is -0.138. The van der Waals surface area contributed by atoms with Crippen LogP contribution in [0.2, 0.25) is 0 Å². The number of piperidine rings is 1. The van der Waals surface area contributed by atoms with Crippen molar-refractivity contribution >= 4 is 0 Å². The summed E-state index contributed by atoms with van der Waals surface area (Å²) in [6.07, 6.45) is 1.30. The lowest BCUT2D eigenvalue weighted by atomic mass is 9.79. The third kappa shape index (κ3) is 3.54. The predicted molar refractivity (Wildman–Crippen MR) is 74.6 cm³/mol. The van der Waals surface area contributed by atoms with Gasteiger partial charge in [0, 0.05) is 5.54 Å². The van der Waals surface area contributed by atoms with Crippen LogP contribution in [-0.2, 0) is 12.6 Å². The molecule has 0 aliphatic carbocycles. The standard InChI is InChI=1S/C16H22F3N/c1-2-9-15(10-5-6-11-20-15)12-13-7-3-4-8-14(13)16(17,18)19/h3-4,7-8,20H,2,5-6,9-12H2,1H3. The normalized spacial score (nSPS) is 23.8. The van der Waals surface area contributed by atoms with Crippen LogP contribution in [0.15, 0.2) is 24.3 Å². The summed E-state index contributed by atoms with van der Waals surface area (Å²) in [6.45, 7) is 3.00. The molecule has 0 bridgehead atoms. The maximum absolute atomic E-state index is 13.1. The molecule has 0 amide bonds. The zero-order valence-corrected chi connectivity index (χ0v) is 11.9. The molecule has 2 rings (SSSR count). The van der Waals surface area contributed by atoms with Crippen LogP contribution < -0.4 is 5.32 Å². The molecule has 20 heavy (non-hydrogen) atoms. The topological polar surface area (TPSA) is 12.0 Å². The molecule has 1 N–H and O–H groups in total. The van der Waals surface area contributed by atoms with E-state index in [1.807, 2.05) is 0 Å². The van der Waals surface area contributed by atoms with Crippen LogP contribution in [0.1, 0.15) is 50.2 Å². The Hall–Kier alpha value is -1.03. The molecule has 4 heteroatoms. The summed E-state index contributed by atoms with van der Waals surface area (Å²) < 4.78 is 39.3. The Morgan fingerprint density at radius 3 is 2.55 bits per heavy atom. The van der Waals surface area contributed by atoms with E-state index in [0.717, 1.165) is 38.6 Å². The summed E-state index contributed by atoms with van der Waals surface area (Å²) in [5.41, 5.74) is -0.223. The van der Waals surface area contributed by atoms with Crippen LogP contribution in [-0.4, -0.2) is 12.1 Å². The minimum absolute atomic E-state index is 0.158. The van der Waals surface area contributed by atoms with Crippen LogP contribution in [0, 0.1) is 0 Å². The Morgan fingerprint density at radius 1 is 1.20 bits per heavy atom. The van der Waals surface area contributed by atoms with Crippen LogP contribution in [0.25, 0.3) is 0 Å². The van der Waals surface area contributed by atoms with Gasteiger partial charge in [-0.05, 0) is 43.9 Å². The van der Waals surface area contributed by atoms with E-state index >= 15 is 0 Å². The first-order chi connectivity index (χ1) is 9.47. The molecule has 1 aromatic rings. The Kier molecular flexibility index (Phi) is 4.74. The average Bonchev–Trinajstić information content (AvgIpc) is 2.39. The first kappa shape index (κ1) is 15.4. The third-order valence-electron chi connectivity index (χ3n) is 4.16. The van der Waals surface area contributed by atoms with E-state index in [0.29, 0.717) is 12.0 Å². The highest BCUT2D eigenvalue weighted by Crippen LogP contribution is 2.36. The van der Waals surface area contributed by atoms with Crippen LogP contribution >= 0.6 is 0 Å². The Bertz CT molecular complexity index is 428. The van der Waals surface area contributed by atoms with E-state index in [1.54, 1.807) is 12.1 Å². The molecule has 1 saturated heterocycles. The molecule has 1 aliphatic heterocycles. The molecule has 1 nitrogen and oxygen atoms in total. The summed E-state index contributed by atoms with van der Waals surface area (Å²) in [5, 5.41) is 3.49. The van der Waals surface area contributed by atoms with Gasteiger partial charge >= 0.3 is 6.18 Å². The smallest absolute Gasteiger partial charge is 0.311 e. The van der Waals surface area contributed by atoms with Gasteiger partial charge in [-0.2, -0.15) is 13.2 Å². The Morgan fingerprint density at radius 2 is 1.95 bits per heavy atom. The first-order valence-corrected chi connectivity index (χ1v) is 7.37. The monoisotopic (exact) mass is 285 g/mol. The number of benzene rings is 1. The molecule has 0 spiro atoms. The SMILES string of the molecule is CCCC1(Cc2ccccc2C(F)(F)F)CCCCN1. The van der Waals surface area contributed by atoms with Crippen molar-refractivity contribution in [1.82, 2.24) is 5.32 Å². The van der Waals surface area contributed by atoms with E-state index < -0.39 is 11.7 Å². The second-order valence-electron chi connectivity index (χ2n) is 5.75. The fourth-order valence-electron chi connectivity index (χ4n) is 3.28. The fourth-order valence-corrected chi connectivity index (χ4v) is 3.28. The second-order valence-corrected chi connectivity index (χ2v) is 5.75. The Labute approximate surface area is 118 Å². The van der Waals surface area contributed by atoms with Gasteiger partial charge in [0.05, 0.1) is 5.56 Å². The van der Waals surface area contributed by atoms with Crippen molar-refractivity contribution in [3.63, 3.8) is 0 Å². The van der Waals surface area contributed by atoms with E-state index in [4.69, 9.17) is 0 Å². The van der Waals surface area contributed by atoms with Gasteiger partial charge in [0.1, 0.15) is 0 Å². The first-order valence-electron chi connectivity index (χ1n) is 7.37. The fraction of sp³-hybridized carbons (Fsp3) is 0.625. The average molecular weight is 285 g/mol. The summed E-state index contributed by atoms with van der Waals surface area (Å²) in [4.78, 5) is 0. The van der Waals surface area contributed by atoms with Crippen molar-refractivity contribution in [2.24, 2.45) is 0 Å². The van der Waals surface area contributed by atoms with E-state index in [-0.39, 0.29) is 5.54 Å². The number of alkyl halides is 3.